The van der Waals surface area contributed by atoms with Gasteiger partial charge in [-0.1, -0.05) is 38.0 Å². The Morgan fingerprint density at radius 2 is 1.61 bits per heavy atom. The average Bonchev–Trinajstić information content (AvgIpc) is 2.53. The van der Waals surface area contributed by atoms with Gasteiger partial charge in [0.2, 0.25) is 0 Å². The van der Waals surface area contributed by atoms with Crippen LogP contribution in [0.4, 0.5) is 4.39 Å². The number of ether oxygens (including phenoxy) is 2. The summed E-state index contributed by atoms with van der Waals surface area (Å²) in [6.45, 7) is 2.67. The van der Waals surface area contributed by atoms with Crippen LogP contribution in [-0.4, -0.2) is 25.2 Å². The van der Waals surface area contributed by atoms with E-state index in [2.05, 4.69) is 6.92 Å². The first-order valence-electron chi connectivity index (χ1n) is 8.18. The van der Waals surface area contributed by atoms with Gasteiger partial charge >= 0.3 is 11.9 Å². The molecule has 0 N–H and O–H groups in total. The Hall–Kier alpha value is -1.91. The molecule has 23 heavy (non-hydrogen) atoms. The summed E-state index contributed by atoms with van der Waals surface area (Å²) >= 11 is 0. The molecule has 1 aromatic rings. The molecule has 0 bridgehead atoms. The van der Waals surface area contributed by atoms with E-state index in [1.165, 1.54) is 6.07 Å². The predicted octanol–water partition coefficient (Wildman–Crippen LogP) is 3.82. The smallest absolute Gasteiger partial charge is 0.305 e. The molecule has 0 spiro atoms. The van der Waals surface area contributed by atoms with Crippen LogP contribution in [0.3, 0.4) is 0 Å². The Labute approximate surface area is 137 Å². The van der Waals surface area contributed by atoms with Gasteiger partial charge in [0.1, 0.15) is 5.82 Å². The van der Waals surface area contributed by atoms with Gasteiger partial charge in [-0.25, -0.2) is 4.39 Å². The van der Waals surface area contributed by atoms with Gasteiger partial charge in [-0.2, -0.15) is 0 Å². The van der Waals surface area contributed by atoms with Crippen LogP contribution >= 0.6 is 0 Å². The Morgan fingerprint density at radius 3 is 2.26 bits per heavy atom. The van der Waals surface area contributed by atoms with Gasteiger partial charge in [-0.3, -0.25) is 9.59 Å². The number of halogens is 1. The van der Waals surface area contributed by atoms with Gasteiger partial charge in [-0.05, 0) is 24.5 Å². The van der Waals surface area contributed by atoms with Crippen molar-refractivity contribution in [3.05, 3.63) is 35.6 Å². The van der Waals surface area contributed by atoms with Gasteiger partial charge in [0.25, 0.3) is 0 Å². The number of carbonyl (C=O) groups excluding carboxylic acids is 2. The lowest BCUT2D eigenvalue weighted by molar-refractivity contribution is -0.145. The number of esters is 2. The molecule has 4 nitrogen and oxygen atoms in total. The SMILES string of the molecule is CCCCCOC(=O)CCCC(=O)OCCc1ccccc1F. The van der Waals surface area contributed by atoms with E-state index in [0.717, 1.165) is 19.3 Å². The van der Waals surface area contributed by atoms with E-state index in [-0.39, 0.29) is 37.2 Å². The maximum atomic E-state index is 13.4. The van der Waals surface area contributed by atoms with E-state index >= 15 is 0 Å². The van der Waals surface area contributed by atoms with Crippen LogP contribution in [0.1, 0.15) is 51.0 Å². The van der Waals surface area contributed by atoms with E-state index in [4.69, 9.17) is 9.47 Å². The third-order valence-corrected chi connectivity index (χ3v) is 3.37. The molecule has 1 aromatic carbocycles. The Kier molecular flexibility index (Phi) is 9.68. The van der Waals surface area contributed by atoms with Crippen LogP contribution in [0.2, 0.25) is 0 Å². The first-order chi connectivity index (χ1) is 11.1. The standard InChI is InChI=1S/C18H25FO4/c1-2-3-6-13-22-17(20)10-7-11-18(21)23-14-12-15-8-4-5-9-16(15)19/h4-5,8-9H,2-3,6-7,10-14H2,1H3. The van der Waals surface area contributed by atoms with Crippen molar-refractivity contribution in [2.75, 3.05) is 13.2 Å². The highest BCUT2D eigenvalue weighted by atomic mass is 19.1. The number of rotatable bonds is 11. The molecule has 0 amide bonds. The molecule has 128 valence electrons. The summed E-state index contributed by atoms with van der Waals surface area (Å²) in [6.07, 6.45) is 4.14. The Morgan fingerprint density at radius 1 is 0.957 bits per heavy atom. The van der Waals surface area contributed by atoms with Crippen LogP contribution in [0, 0.1) is 5.82 Å². The molecular weight excluding hydrogens is 299 g/mol. The summed E-state index contributed by atoms with van der Waals surface area (Å²) in [4.78, 5) is 22.9. The van der Waals surface area contributed by atoms with Crippen LogP contribution in [0.5, 0.6) is 0 Å². The van der Waals surface area contributed by atoms with Crippen molar-refractivity contribution in [2.24, 2.45) is 0 Å². The Bertz CT molecular complexity index is 488. The van der Waals surface area contributed by atoms with Crippen LogP contribution in [0.15, 0.2) is 24.3 Å². The second-order valence-corrected chi connectivity index (χ2v) is 5.34. The number of hydrogen-bond acceptors (Lipinski definition) is 4. The average molecular weight is 324 g/mol. The maximum Gasteiger partial charge on any atom is 0.305 e. The minimum Gasteiger partial charge on any atom is -0.466 e. The van der Waals surface area contributed by atoms with Crippen molar-refractivity contribution in [3.8, 4) is 0 Å². The summed E-state index contributed by atoms with van der Waals surface area (Å²) < 4.78 is 23.4. The molecule has 5 heteroatoms. The molecule has 0 saturated carbocycles. The minimum atomic E-state index is -0.375. The van der Waals surface area contributed by atoms with Gasteiger partial charge in [0.05, 0.1) is 13.2 Å². The van der Waals surface area contributed by atoms with Crippen LogP contribution in [0.25, 0.3) is 0 Å². The van der Waals surface area contributed by atoms with Gasteiger partial charge in [-0.15, -0.1) is 0 Å². The molecule has 0 heterocycles. The van der Waals surface area contributed by atoms with E-state index in [0.29, 0.717) is 25.0 Å². The van der Waals surface area contributed by atoms with Gasteiger partial charge in [0, 0.05) is 19.3 Å². The predicted molar refractivity (Wildman–Crippen MR) is 85.4 cm³/mol. The number of hydrogen-bond donors (Lipinski definition) is 0. The van der Waals surface area contributed by atoms with Crippen molar-refractivity contribution in [1.29, 1.82) is 0 Å². The molecule has 0 radical (unpaired) electrons. The van der Waals surface area contributed by atoms with Crippen molar-refractivity contribution in [3.63, 3.8) is 0 Å². The second-order valence-electron chi connectivity index (χ2n) is 5.34. The van der Waals surface area contributed by atoms with Crippen molar-refractivity contribution in [2.45, 2.75) is 51.9 Å². The molecule has 0 atom stereocenters. The molecule has 1 rings (SSSR count). The fraction of sp³-hybridized carbons (Fsp3) is 0.556. The molecule has 0 aliphatic heterocycles. The number of benzene rings is 1. The fourth-order valence-corrected chi connectivity index (χ4v) is 2.04. The summed E-state index contributed by atoms with van der Waals surface area (Å²) in [6, 6.07) is 6.40. The van der Waals surface area contributed by atoms with Crippen molar-refractivity contribution < 1.29 is 23.5 Å². The molecule has 0 aromatic heterocycles. The van der Waals surface area contributed by atoms with Crippen molar-refractivity contribution >= 4 is 11.9 Å². The normalized spacial score (nSPS) is 10.3. The monoisotopic (exact) mass is 324 g/mol. The van der Waals surface area contributed by atoms with E-state index in [1.54, 1.807) is 18.2 Å². The molecule has 0 unspecified atom stereocenters. The first kappa shape index (κ1) is 19.1. The summed E-state index contributed by atoms with van der Waals surface area (Å²) in [5.41, 5.74) is 0.524. The molecule has 0 aliphatic rings. The summed E-state index contributed by atoms with van der Waals surface area (Å²) in [7, 11) is 0. The zero-order chi connectivity index (χ0) is 16.9. The third kappa shape index (κ3) is 8.96. The Balaban J connectivity index is 2.06. The van der Waals surface area contributed by atoms with E-state index in [9.17, 15) is 14.0 Å². The molecule has 0 aliphatic carbocycles. The topological polar surface area (TPSA) is 52.6 Å². The fourth-order valence-electron chi connectivity index (χ4n) is 2.04. The van der Waals surface area contributed by atoms with Gasteiger partial charge < -0.3 is 9.47 Å². The van der Waals surface area contributed by atoms with Crippen LogP contribution < -0.4 is 0 Å². The largest absolute Gasteiger partial charge is 0.466 e. The zero-order valence-corrected chi connectivity index (χ0v) is 13.7. The highest BCUT2D eigenvalue weighted by molar-refractivity contribution is 5.72. The molecule has 0 fully saturated rings. The lowest BCUT2D eigenvalue weighted by Crippen LogP contribution is -2.10. The summed E-state index contributed by atoms with van der Waals surface area (Å²) in [5.74, 6) is -0.949. The quantitative estimate of drug-likeness (QED) is 0.459. The minimum absolute atomic E-state index is 0.140. The van der Waals surface area contributed by atoms with E-state index in [1.807, 2.05) is 0 Å². The summed E-state index contributed by atoms with van der Waals surface area (Å²) in [5, 5.41) is 0. The second kappa shape index (κ2) is 11.6. The molecular formula is C18H25FO4. The van der Waals surface area contributed by atoms with Gasteiger partial charge in [0.15, 0.2) is 0 Å². The lowest BCUT2D eigenvalue weighted by Gasteiger charge is -2.06. The lowest BCUT2D eigenvalue weighted by atomic mass is 10.1. The zero-order valence-electron chi connectivity index (χ0n) is 13.7. The maximum absolute atomic E-state index is 13.4. The molecule has 0 saturated heterocycles. The third-order valence-electron chi connectivity index (χ3n) is 3.37. The van der Waals surface area contributed by atoms with E-state index < -0.39 is 0 Å². The highest BCUT2D eigenvalue weighted by Gasteiger charge is 2.08. The number of unbranched alkanes of at least 4 members (excludes halogenated alkanes) is 2. The van der Waals surface area contributed by atoms with Crippen molar-refractivity contribution in [1.82, 2.24) is 0 Å². The number of carbonyl (C=O) groups is 2. The van der Waals surface area contributed by atoms with Crippen LogP contribution in [-0.2, 0) is 25.5 Å². The first-order valence-corrected chi connectivity index (χ1v) is 8.18. The highest BCUT2D eigenvalue weighted by Crippen LogP contribution is 2.08.